The summed E-state index contributed by atoms with van der Waals surface area (Å²) in [5, 5.41) is 0. The normalized spacial score (nSPS) is 16.0. The first-order valence-electron chi connectivity index (χ1n) is 6.84. The van der Waals surface area contributed by atoms with Crippen LogP contribution in [0.3, 0.4) is 0 Å². The molecule has 5 nitrogen and oxygen atoms in total. The summed E-state index contributed by atoms with van der Waals surface area (Å²) in [5.41, 5.74) is 7.48. The van der Waals surface area contributed by atoms with Crippen LogP contribution in [-0.2, 0) is 9.53 Å². The second kappa shape index (κ2) is 5.94. The van der Waals surface area contributed by atoms with E-state index in [4.69, 9.17) is 10.5 Å². The molecule has 1 fully saturated rings. The van der Waals surface area contributed by atoms with Crippen molar-refractivity contribution in [1.29, 1.82) is 0 Å². The lowest BCUT2D eigenvalue weighted by molar-refractivity contribution is -0.138. The number of nitrogen functional groups attached to an aromatic ring is 1. The minimum atomic E-state index is -0.762. The molecule has 108 valence electrons. The van der Waals surface area contributed by atoms with Crippen molar-refractivity contribution in [1.82, 2.24) is 4.90 Å². The summed E-state index contributed by atoms with van der Waals surface area (Å²) >= 11 is 0. The number of ether oxygens (including phenoxy) is 1. The van der Waals surface area contributed by atoms with Crippen LogP contribution < -0.4 is 5.73 Å². The van der Waals surface area contributed by atoms with Gasteiger partial charge in [-0.05, 0) is 50.5 Å². The Labute approximate surface area is 118 Å². The molecule has 2 N–H and O–H groups in total. The van der Waals surface area contributed by atoms with Crippen LogP contribution in [0.2, 0.25) is 0 Å². The van der Waals surface area contributed by atoms with Crippen LogP contribution in [0.5, 0.6) is 0 Å². The maximum absolute atomic E-state index is 12.1. The fraction of sp³-hybridized carbons (Fsp3) is 0.467. The largest absolute Gasteiger partial charge is 0.449 e. The molecule has 0 saturated carbocycles. The summed E-state index contributed by atoms with van der Waals surface area (Å²) in [4.78, 5) is 25.8. The van der Waals surface area contributed by atoms with E-state index in [1.165, 1.54) is 0 Å². The average molecular weight is 276 g/mol. The molecule has 1 aromatic rings. The molecule has 0 aliphatic carbocycles. The van der Waals surface area contributed by atoms with Crippen LogP contribution >= 0.6 is 0 Å². The smallest absolute Gasteiger partial charge is 0.338 e. The third kappa shape index (κ3) is 3.29. The number of aryl methyl sites for hydroxylation is 1. The van der Waals surface area contributed by atoms with Crippen LogP contribution in [-0.4, -0.2) is 36.0 Å². The second-order valence-electron chi connectivity index (χ2n) is 5.21. The third-order valence-electron chi connectivity index (χ3n) is 3.38. The number of hydrogen-bond donors (Lipinski definition) is 1. The van der Waals surface area contributed by atoms with Gasteiger partial charge in [0.05, 0.1) is 5.56 Å². The predicted octanol–water partition coefficient (Wildman–Crippen LogP) is 1.74. The van der Waals surface area contributed by atoms with E-state index in [-0.39, 0.29) is 5.91 Å². The number of amides is 1. The standard InChI is InChI=1S/C15H20N2O3/c1-10-7-12(9-13(16)8-10)15(19)20-11(2)14(18)17-5-3-4-6-17/h7-9,11H,3-6,16H2,1-2H3. The van der Waals surface area contributed by atoms with E-state index in [1.807, 2.05) is 6.92 Å². The van der Waals surface area contributed by atoms with Crippen molar-refractivity contribution >= 4 is 17.6 Å². The zero-order valence-electron chi connectivity index (χ0n) is 11.9. The summed E-state index contributed by atoms with van der Waals surface area (Å²) in [7, 11) is 0. The summed E-state index contributed by atoms with van der Waals surface area (Å²) in [5.74, 6) is -0.642. The van der Waals surface area contributed by atoms with Crippen LogP contribution in [0.15, 0.2) is 18.2 Å². The van der Waals surface area contributed by atoms with Gasteiger partial charge in [-0.15, -0.1) is 0 Å². The first-order chi connectivity index (χ1) is 9.47. The van der Waals surface area contributed by atoms with Gasteiger partial charge in [-0.25, -0.2) is 4.79 Å². The van der Waals surface area contributed by atoms with Crippen molar-refractivity contribution < 1.29 is 14.3 Å². The van der Waals surface area contributed by atoms with Crippen molar-refractivity contribution in [2.24, 2.45) is 0 Å². The number of hydrogen-bond acceptors (Lipinski definition) is 4. The molecular weight excluding hydrogens is 256 g/mol. The third-order valence-corrected chi connectivity index (χ3v) is 3.38. The molecule has 1 atom stereocenters. The van der Waals surface area contributed by atoms with E-state index >= 15 is 0 Å². The van der Waals surface area contributed by atoms with E-state index in [2.05, 4.69) is 0 Å². The van der Waals surface area contributed by atoms with Gasteiger partial charge < -0.3 is 15.4 Å². The first kappa shape index (κ1) is 14.4. The minimum Gasteiger partial charge on any atom is -0.449 e. The number of rotatable bonds is 3. The van der Waals surface area contributed by atoms with Crippen LogP contribution in [0, 0.1) is 6.92 Å². The quantitative estimate of drug-likeness (QED) is 0.674. The number of benzene rings is 1. The predicted molar refractivity (Wildman–Crippen MR) is 76.3 cm³/mol. The molecule has 0 aromatic heterocycles. The maximum Gasteiger partial charge on any atom is 0.338 e. The van der Waals surface area contributed by atoms with Crippen molar-refractivity contribution in [3.05, 3.63) is 29.3 Å². The molecule has 1 aromatic carbocycles. The van der Waals surface area contributed by atoms with Crippen molar-refractivity contribution in [2.75, 3.05) is 18.8 Å². The highest BCUT2D eigenvalue weighted by atomic mass is 16.5. The van der Waals surface area contributed by atoms with Gasteiger partial charge in [-0.1, -0.05) is 0 Å². The Morgan fingerprint density at radius 3 is 2.50 bits per heavy atom. The lowest BCUT2D eigenvalue weighted by atomic mass is 10.1. The summed E-state index contributed by atoms with van der Waals surface area (Å²) in [6.07, 6.45) is 1.27. The van der Waals surface area contributed by atoms with E-state index in [1.54, 1.807) is 30.0 Å². The maximum atomic E-state index is 12.1. The molecule has 1 saturated heterocycles. The number of carbonyl (C=O) groups is 2. The molecule has 1 aliphatic rings. The fourth-order valence-corrected chi connectivity index (χ4v) is 2.40. The molecule has 1 amide bonds. The molecule has 0 spiro atoms. The summed E-state index contributed by atoms with van der Waals surface area (Å²) in [6, 6.07) is 5.03. The lowest BCUT2D eigenvalue weighted by Gasteiger charge is -2.20. The van der Waals surface area contributed by atoms with Gasteiger partial charge in [0.1, 0.15) is 0 Å². The van der Waals surface area contributed by atoms with Gasteiger partial charge in [-0.2, -0.15) is 0 Å². The van der Waals surface area contributed by atoms with E-state index in [9.17, 15) is 9.59 Å². The molecule has 5 heteroatoms. The zero-order valence-corrected chi connectivity index (χ0v) is 11.9. The van der Waals surface area contributed by atoms with E-state index < -0.39 is 12.1 Å². The Bertz CT molecular complexity index is 502. The number of carbonyl (C=O) groups excluding carboxylic acids is 2. The van der Waals surface area contributed by atoms with Crippen molar-refractivity contribution in [3.8, 4) is 0 Å². The monoisotopic (exact) mass is 276 g/mol. The van der Waals surface area contributed by atoms with E-state index in [0.29, 0.717) is 11.3 Å². The Balaban J connectivity index is 2.01. The summed E-state index contributed by atoms with van der Waals surface area (Å²) < 4.78 is 5.23. The van der Waals surface area contributed by atoms with Crippen LogP contribution in [0.25, 0.3) is 0 Å². The van der Waals surface area contributed by atoms with Crippen molar-refractivity contribution in [3.63, 3.8) is 0 Å². The molecular formula is C15H20N2O3. The number of likely N-dealkylation sites (tertiary alicyclic amines) is 1. The summed E-state index contributed by atoms with van der Waals surface area (Å²) in [6.45, 7) is 4.96. The number of esters is 1. The fourth-order valence-electron chi connectivity index (χ4n) is 2.40. The van der Waals surface area contributed by atoms with Crippen molar-refractivity contribution in [2.45, 2.75) is 32.8 Å². The van der Waals surface area contributed by atoms with Gasteiger partial charge in [0.25, 0.3) is 5.91 Å². The van der Waals surface area contributed by atoms with Crippen LogP contribution in [0.1, 0.15) is 35.7 Å². The Hall–Kier alpha value is -2.04. The average Bonchev–Trinajstić information content (AvgIpc) is 2.90. The lowest BCUT2D eigenvalue weighted by Crippen LogP contribution is -2.38. The molecule has 1 unspecified atom stereocenters. The zero-order chi connectivity index (χ0) is 14.7. The highest BCUT2D eigenvalue weighted by molar-refractivity contribution is 5.93. The molecule has 0 radical (unpaired) electrons. The number of nitrogens with zero attached hydrogens (tertiary/aromatic N) is 1. The van der Waals surface area contributed by atoms with Gasteiger partial charge in [0.15, 0.2) is 6.10 Å². The van der Waals surface area contributed by atoms with Gasteiger partial charge >= 0.3 is 5.97 Å². The highest BCUT2D eigenvalue weighted by Gasteiger charge is 2.26. The topological polar surface area (TPSA) is 72.6 Å². The number of anilines is 1. The molecule has 2 rings (SSSR count). The van der Waals surface area contributed by atoms with Gasteiger partial charge in [0.2, 0.25) is 0 Å². The first-order valence-corrected chi connectivity index (χ1v) is 6.84. The molecule has 1 heterocycles. The molecule has 1 aliphatic heterocycles. The van der Waals surface area contributed by atoms with Gasteiger partial charge in [0, 0.05) is 18.8 Å². The van der Waals surface area contributed by atoms with Gasteiger partial charge in [-0.3, -0.25) is 4.79 Å². The Morgan fingerprint density at radius 1 is 1.25 bits per heavy atom. The molecule has 0 bridgehead atoms. The number of nitrogens with two attached hydrogens (primary N) is 1. The Kier molecular flexibility index (Phi) is 4.27. The molecule has 20 heavy (non-hydrogen) atoms. The van der Waals surface area contributed by atoms with Crippen LogP contribution in [0.4, 0.5) is 5.69 Å². The SMILES string of the molecule is Cc1cc(N)cc(C(=O)OC(C)C(=O)N2CCCC2)c1. The second-order valence-corrected chi connectivity index (χ2v) is 5.21. The Morgan fingerprint density at radius 2 is 1.90 bits per heavy atom. The highest BCUT2D eigenvalue weighted by Crippen LogP contribution is 2.15. The van der Waals surface area contributed by atoms with E-state index in [0.717, 1.165) is 31.5 Å². The minimum absolute atomic E-state index is 0.128.